The van der Waals surface area contributed by atoms with E-state index in [0.717, 1.165) is 50.6 Å². The maximum atomic E-state index is 12.2. The van der Waals surface area contributed by atoms with E-state index in [1.807, 2.05) is 4.90 Å². The van der Waals surface area contributed by atoms with Gasteiger partial charge in [-0.25, -0.2) is 0 Å². The van der Waals surface area contributed by atoms with Crippen molar-refractivity contribution >= 4 is 5.91 Å². The van der Waals surface area contributed by atoms with Crippen LogP contribution in [0.3, 0.4) is 0 Å². The average Bonchev–Trinajstić information content (AvgIpc) is 3.24. The molecule has 1 amide bonds. The molecule has 130 valence electrons. The molecule has 2 heterocycles. The number of nitrogens with zero attached hydrogens (tertiary/aromatic N) is 3. The van der Waals surface area contributed by atoms with E-state index >= 15 is 0 Å². The monoisotopic (exact) mass is 321 g/mol. The fraction of sp³-hybridized carbons (Fsp3) is 0.944. The molecule has 2 bridgehead atoms. The number of carbonyl (C=O) groups excluding carboxylic acids is 1. The molecule has 0 spiro atoms. The van der Waals surface area contributed by atoms with Crippen LogP contribution >= 0.6 is 0 Å². The number of ether oxygens (including phenoxy) is 1. The van der Waals surface area contributed by atoms with E-state index in [9.17, 15) is 4.79 Å². The average molecular weight is 321 g/mol. The van der Waals surface area contributed by atoms with E-state index in [1.54, 1.807) is 0 Å². The second-order valence-electron chi connectivity index (χ2n) is 7.86. The standard InChI is InChI=1S/C18H31N3O2/c22-18(21-9-11-23-12-10-21)3-4-19-5-7-20(8-6-19)17-14-15-1-2-16(17)13-15/h15-17H,1-14H2/t15-,16-,17+/m0/s1. The van der Waals surface area contributed by atoms with E-state index in [4.69, 9.17) is 4.74 Å². The summed E-state index contributed by atoms with van der Waals surface area (Å²) in [5.74, 6) is 2.34. The van der Waals surface area contributed by atoms with Gasteiger partial charge in [-0.05, 0) is 31.1 Å². The largest absolute Gasteiger partial charge is 0.378 e. The molecule has 4 rings (SSSR count). The Balaban J connectivity index is 1.17. The van der Waals surface area contributed by atoms with E-state index in [0.29, 0.717) is 25.5 Å². The molecule has 4 fully saturated rings. The Labute approximate surface area is 139 Å². The minimum absolute atomic E-state index is 0.309. The Hall–Kier alpha value is -0.650. The molecule has 0 aromatic carbocycles. The fourth-order valence-corrected chi connectivity index (χ4v) is 5.20. The van der Waals surface area contributed by atoms with Gasteiger partial charge in [0.05, 0.1) is 13.2 Å². The molecule has 2 saturated heterocycles. The SMILES string of the molecule is O=C(CCN1CCN([C@@H]2C[C@H]3CC[C@H]2C3)CC1)N1CCOCC1. The minimum Gasteiger partial charge on any atom is -0.378 e. The summed E-state index contributed by atoms with van der Waals surface area (Å²) >= 11 is 0. The molecule has 2 aliphatic heterocycles. The first kappa shape index (κ1) is 15.9. The molecule has 0 radical (unpaired) electrons. The van der Waals surface area contributed by atoms with Crippen molar-refractivity contribution in [2.24, 2.45) is 11.8 Å². The van der Waals surface area contributed by atoms with Crippen LogP contribution in [0, 0.1) is 11.8 Å². The van der Waals surface area contributed by atoms with Crippen LogP contribution in [0.15, 0.2) is 0 Å². The number of morpholine rings is 1. The molecule has 0 aromatic heterocycles. The number of rotatable bonds is 4. The molecular weight excluding hydrogens is 290 g/mol. The zero-order valence-electron chi connectivity index (χ0n) is 14.3. The molecule has 2 saturated carbocycles. The summed E-state index contributed by atoms with van der Waals surface area (Å²) in [5.41, 5.74) is 0. The summed E-state index contributed by atoms with van der Waals surface area (Å²) in [4.78, 5) is 19.4. The molecule has 5 nitrogen and oxygen atoms in total. The van der Waals surface area contributed by atoms with Crippen molar-refractivity contribution in [3.63, 3.8) is 0 Å². The predicted molar refractivity (Wildman–Crippen MR) is 89.3 cm³/mol. The van der Waals surface area contributed by atoms with Crippen LogP contribution in [-0.4, -0.2) is 85.7 Å². The van der Waals surface area contributed by atoms with Crippen molar-refractivity contribution < 1.29 is 9.53 Å². The highest BCUT2D eigenvalue weighted by molar-refractivity contribution is 5.76. The molecule has 0 unspecified atom stereocenters. The van der Waals surface area contributed by atoms with Crippen LogP contribution in [-0.2, 0) is 9.53 Å². The Morgan fingerprint density at radius 1 is 0.957 bits per heavy atom. The highest BCUT2D eigenvalue weighted by Crippen LogP contribution is 2.46. The zero-order valence-corrected chi connectivity index (χ0v) is 14.3. The second kappa shape index (κ2) is 7.08. The third kappa shape index (κ3) is 3.57. The molecule has 5 heteroatoms. The van der Waals surface area contributed by atoms with E-state index in [-0.39, 0.29) is 0 Å². The van der Waals surface area contributed by atoms with Gasteiger partial charge in [0.2, 0.25) is 5.91 Å². The van der Waals surface area contributed by atoms with Crippen molar-refractivity contribution in [1.29, 1.82) is 0 Å². The molecule has 4 aliphatic rings. The lowest BCUT2D eigenvalue weighted by Crippen LogP contribution is -2.52. The van der Waals surface area contributed by atoms with Gasteiger partial charge in [0, 0.05) is 58.3 Å². The zero-order chi connectivity index (χ0) is 15.6. The lowest BCUT2D eigenvalue weighted by Gasteiger charge is -2.41. The van der Waals surface area contributed by atoms with Gasteiger partial charge >= 0.3 is 0 Å². The number of amides is 1. The molecule has 0 N–H and O–H groups in total. The number of hydrogen-bond acceptors (Lipinski definition) is 4. The van der Waals surface area contributed by atoms with E-state index in [2.05, 4.69) is 9.80 Å². The van der Waals surface area contributed by atoms with Gasteiger partial charge in [-0.2, -0.15) is 0 Å². The van der Waals surface area contributed by atoms with Gasteiger partial charge in [-0.15, -0.1) is 0 Å². The Bertz CT molecular complexity index is 416. The van der Waals surface area contributed by atoms with Gasteiger partial charge in [-0.3, -0.25) is 9.69 Å². The van der Waals surface area contributed by atoms with E-state index < -0.39 is 0 Å². The third-order valence-corrected chi connectivity index (χ3v) is 6.58. The number of piperazine rings is 1. The van der Waals surface area contributed by atoms with Crippen molar-refractivity contribution in [2.45, 2.75) is 38.1 Å². The van der Waals surface area contributed by atoms with Crippen LogP contribution in [0.2, 0.25) is 0 Å². The minimum atomic E-state index is 0.309. The Kier molecular flexibility index (Phi) is 4.88. The van der Waals surface area contributed by atoms with Gasteiger partial charge in [0.25, 0.3) is 0 Å². The lowest BCUT2D eigenvalue weighted by molar-refractivity contribution is -0.135. The van der Waals surface area contributed by atoms with Crippen molar-refractivity contribution in [3.8, 4) is 0 Å². The smallest absolute Gasteiger partial charge is 0.224 e. The first-order chi connectivity index (χ1) is 11.3. The quantitative estimate of drug-likeness (QED) is 0.775. The summed E-state index contributed by atoms with van der Waals surface area (Å²) < 4.78 is 5.32. The van der Waals surface area contributed by atoms with E-state index in [1.165, 1.54) is 38.8 Å². The van der Waals surface area contributed by atoms with Crippen LogP contribution in [0.25, 0.3) is 0 Å². The maximum absolute atomic E-state index is 12.2. The number of carbonyl (C=O) groups is 1. The predicted octanol–water partition coefficient (Wildman–Crippen LogP) is 1.04. The first-order valence-electron chi connectivity index (χ1n) is 9.61. The topological polar surface area (TPSA) is 36.0 Å². The summed E-state index contributed by atoms with van der Waals surface area (Å²) in [7, 11) is 0. The van der Waals surface area contributed by atoms with Crippen molar-refractivity contribution in [1.82, 2.24) is 14.7 Å². The summed E-state index contributed by atoms with van der Waals surface area (Å²) in [6.45, 7) is 8.59. The number of hydrogen-bond donors (Lipinski definition) is 0. The Morgan fingerprint density at radius 3 is 2.39 bits per heavy atom. The molecule has 2 aliphatic carbocycles. The van der Waals surface area contributed by atoms with Crippen molar-refractivity contribution in [3.05, 3.63) is 0 Å². The summed E-state index contributed by atoms with van der Waals surface area (Å²) in [6.07, 6.45) is 6.60. The van der Waals surface area contributed by atoms with Crippen LogP contribution in [0.1, 0.15) is 32.1 Å². The summed E-state index contributed by atoms with van der Waals surface area (Å²) in [5, 5.41) is 0. The van der Waals surface area contributed by atoms with Crippen LogP contribution < -0.4 is 0 Å². The molecule has 23 heavy (non-hydrogen) atoms. The summed E-state index contributed by atoms with van der Waals surface area (Å²) in [6, 6.07) is 0.880. The normalized spacial score (nSPS) is 35.8. The molecule has 3 atom stereocenters. The second-order valence-corrected chi connectivity index (χ2v) is 7.86. The highest BCUT2D eigenvalue weighted by Gasteiger charge is 2.42. The fourth-order valence-electron chi connectivity index (χ4n) is 5.20. The maximum Gasteiger partial charge on any atom is 0.224 e. The first-order valence-corrected chi connectivity index (χ1v) is 9.61. The van der Waals surface area contributed by atoms with Gasteiger partial charge in [-0.1, -0.05) is 6.42 Å². The number of fused-ring (bicyclic) bond motifs is 2. The van der Waals surface area contributed by atoms with Gasteiger partial charge in [0.1, 0.15) is 0 Å². The Morgan fingerprint density at radius 2 is 1.74 bits per heavy atom. The van der Waals surface area contributed by atoms with Gasteiger partial charge < -0.3 is 14.5 Å². The van der Waals surface area contributed by atoms with Crippen molar-refractivity contribution in [2.75, 3.05) is 59.0 Å². The molecular formula is C18H31N3O2. The van der Waals surface area contributed by atoms with Crippen LogP contribution in [0.5, 0.6) is 0 Å². The third-order valence-electron chi connectivity index (χ3n) is 6.58. The molecule has 0 aromatic rings. The highest BCUT2D eigenvalue weighted by atomic mass is 16.5. The lowest BCUT2D eigenvalue weighted by atomic mass is 9.93. The van der Waals surface area contributed by atoms with Crippen LogP contribution in [0.4, 0.5) is 0 Å². The van der Waals surface area contributed by atoms with Gasteiger partial charge in [0.15, 0.2) is 0 Å².